The molecule has 176 valence electrons. The van der Waals surface area contributed by atoms with Gasteiger partial charge in [-0.05, 0) is 41.8 Å². The van der Waals surface area contributed by atoms with E-state index in [4.69, 9.17) is 0 Å². The van der Waals surface area contributed by atoms with Crippen molar-refractivity contribution < 1.29 is 5.11 Å². The number of phenolic OH excluding ortho intramolecular Hbond substituents is 1. The number of phenols is 1. The molecule has 3 aromatic carbocycles. The topological polar surface area (TPSA) is 87.9 Å². The molecule has 3 N–H and O–H groups in total. The molecule has 2 heterocycles. The van der Waals surface area contributed by atoms with Crippen LogP contribution in [0.2, 0.25) is 0 Å². The van der Waals surface area contributed by atoms with Gasteiger partial charge in [-0.25, -0.2) is 9.78 Å². The molecule has 0 radical (unpaired) electrons. The minimum atomic E-state index is -0.180. The minimum absolute atomic E-state index is 0.161. The lowest BCUT2D eigenvalue weighted by atomic mass is 9.98. The number of H-pyrrole nitrogens is 1. The molecular formula is C28H27N5O2. The highest BCUT2D eigenvalue weighted by Gasteiger charge is 2.21. The van der Waals surface area contributed by atoms with E-state index in [0.29, 0.717) is 12.4 Å². The number of aromatic nitrogens is 4. The van der Waals surface area contributed by atoms with E-state index in [0.717, 1.165) is 35.3 Å². The molecule has 35 heavy (non-hydrogen) atoms. The molecule has 0 aliphatic carbocycles. The van der Waals surface area contributed by atoms with Crippen molar-refractivity contribution in [2.45, 2.75) is 25.6 Å². The predicted molar refractivity (Wildman–Crippen MR) is 137 cm³/mol. The first-order chi connectivity index (χ1) is 17.2. The number of aromatic amines is 1. The summed E-state index contributed by atoms with van der Waals surface area (Å²) in [4.78, 5) is 20.3. The summed E-state index contributed by atoms with van der Waals surface area (Å²) >= 11 is 0. The molecule has 0 aliphatic rings. The maximum atomic E-state index is 13.1. The molecule has 0 unspecified atom stereocenters. The average molecular weight is 466 g/mol. The maximum absolute atomic E-state index is 13.1. The van der Waals surface area contributed by atoms with Crippen molar-refractivity contribution in [2.75, 3.05) is 5.32 Å². The molecular weight excluding hydrogens is 438 g/mol. The van der Waals surface area contributed by atoms with E-state index in [-0.39, 0.29) is 17.5 Å². The Morgan fingerprint density at radius 1 is 0.886 bits per heavy atom. The van der Waals surface area contributed by atoms with Crippen molar-refractivity contribution in [3.05, 3.63) is 125 Å². The highest BCUT2D eigenvalue weighted by Crippen LogP contribution is 2.32. The van der Waals surface area contributed by atoms with E-state index in [1.807, 2.05) is 59.3 Å². The molecule has 2 aromatic heterocycles. The zero-order valence-electron chi connectivity index (χ0n) is 19.2. The summed E-state index contributed by atoms with van der Waals surface area (Å²) in [7, 11) is 0. The number of hydrogen-bond donors (Lipinski definition) is 3. The van der Waals surface area contributed by atoms with Crippen LogP contribution in [0.1, 0.15) is 23.6 Å². The largest absolute Gasteiger partial charge is 0.508 e. The third-order valence-corrected chi connectivity index (χ3v) is 6.04. The van der Waals surface area contributed by atoms with E-state index in [1.165, 1.54) is 0 Å². The lowest BCUT2D eigenvalue weighted by molar-refractivity contribution is 0.475. The number of benzene rings is 3. The number of aromatic hydroxyl groups is 1. The summed E-state index contributed by atoms with van der Waals surface area (Å²) < 4.78 is 3.76. The summed E-state index contributed by atoms with van der Waals surface area (Å²) in [5.41, 5.74) is 3.60. The lowest BCUT2D eigenvalue weighted by Crippen LogP contribution is -2.18. The average Bonchev–Trinajstić information content (AvgIpc) is 3.52. The number of nitrogens with one attached hydrogen (secondary N) is 2. The summed E-state index contributed by atoms with van der Waals surface area (Å²) in [6.07, 6.45) is 6.20. The first-order valence-electron chi connectivity index (χ1n) is 11.6. The number of nitrogens with zero attached hydrogens (tertiary/aromatic N) is 3. The van der Waals surface area contributed by atoms with Crippen LogP contribution in [0.3, 0.4) is 0 Å². The second-order valence-corrected chi connectivity index (χ2v) is 8.41. The zero-order valence-corrected chi connectivity index (χ0v) is 19.2. The SMILES string of the molecule is O=c1[nH]c(NC(c2ccccc2)c2ccccc2)c(-c2ccc(O)cc2)n1CCCn1ccnc1. The highest BCUT2D eigenvalue weighted by atomic mass is 16.3. The Hall–Kier alpha value is -4.52. The van der Waals surface area contributed by atoms with Gasteiger partial charge in [-0.15, -0.1) is 0 Å². The van der Waals surface area contributed by atoms with Crippen molar-refractivity contribution in [3.63, 3.8) is 0 Å². The van der Waals surface area contributed by atoms with Gasteiger partial charge in [0.2, 0.25) is 0 Å². The van der Waals surface area contributed by atoms with Gasteiger partial charge in [-0.1, -0.05) is 60.7 Å². The van der Waals surface area contributed by atoms with Gasteiger partial charge in [0.25, 0.3) is 0 Å². The molecule has 5 aromatic rings. The van der Waals surface area contributed by atoms with E-state index >= 15 is 0 Å². The van der Waals surface area contributed by atoms with Gasteiger partial charge in [0, 0.05) is 31.0 Å². The van der Waals surface area contributed by atoms with Gasteiger partial charge in [-0.3, -0.25) is 9.55 Å². The second kappa shape index (κ2) is 10.2. The molecule has 0 saturated heterocycles. The monoisotopic (exact) mass is 465 g/mol. The van der Waals surface area contributed by atoms with Gasteiger partial charge in [0.1, 0.15) is 11.6 Å². The van der Waals surface area contributed by atoms with Crippen LogP contribution in [0.25, 0.3) is 11.3 Å². The highest BCUT2D eigenvalue weighted by molar-refractivity contribution is 5.73. The molecule has 0 spiro atoms. The Morgan fingerprint density at radius 2 is 1.54 bits per heavy atom. The number of rotatable bonds is 9. The van der Waals surface area contributed by atoms with Crippen molar-refractivity contribution in [1.29, 1.82) is 0 Å². The molecule has 0 fully saturated rings. The van der Waals surface area contributed by atoms with Gasteiger partial charge in [-0.2, -0.15) is 0 Å². The summed E-state index contributed by atoms with van der Waals surface area (Å²) in [6.45, 7) is 1.29. The molecule has 0 atom stereocenters. The molecule has 0 bridgehead atoms. The van der Waals surface area contributed by atoms with E-state index in [1.54, 1.807) is 29.2 Å². The first-order valence-corrected chi connectivity index (χ1v) is 11.6. The Kier molecular flexibility index (Phi) is 6.48. The minimum Gasteiger partial charge on any atom is -0.508 e. The fourth-order valence-corrected chi connectivity index (χ4v) is 4.33. The first kappa shape index (κ1) is 22.3. The van der Waals surface area contributed by atoms with Crippen LogP contribution in [0.15, 0.2) is 108 Å². The van der Waals surface area contributed by atoms with Crippen LogP contribution >= 0.6 is 0 Å². The summed E-state index contributed by atoms with van der Waals surface area (Å²) in [6, 6.07) is 27.1. The number of aryl methyl sites for hydroxylation is 1. The van der Waals surface area contributed by atoms with E-state index in [2.05, 4.69) is 39.6 Å². The van der Waals surface area contributed by atoms with Crippen LogP contribution in [-0.2, 0) is 13.1 Å². The lowest BCUT2D eigenvalue weighted by Gasteiger charge is -2.21. The fraction of sp³-hybridized carbons (Fsp3) is 0.143. The predicted octanol–water partition coefficient (Wildman–Crippen LogP) is 5.04. The van der Waals surface area contributed by atoms with E-state index < -0.39 is 0 Å². The quantitative estimate of drug-likeness (QED) is 0.285. The molecule has 0 aliphatic heterocycles. The normalized spacial score (nSPS) is 11.1. The zero-order chi connectivity index (χ0) is 24.0. The molecule has 5 rings (SSSR count). The third-order valence-electron chi connectivity index (χ3n) is 6.04. The Balaban J connectivity index is 1.54. The Bertz CT molecular complexity index is 1370. The Morgan fingerprint density at radius 3 is 2.14 bits per heavy atom. The van der Waals surface area contributed by atoms with Crippen LogP contribution in [0.5, 0.6) is 5.75 Å². The molecule has 7 heteroatoms. The smallest absolute Gasteiger partial charge is 0.327 e. The van der Waals surface area contributed by atoms with E-state index in [9.17, 15) is 9.90 Å². The third kappa shape index (κ3) is 5.04. The van der Waals surface area contributed by atoms with Crippen molar-refractivity contribution in [2.24, 2.45) is 0 Å². The van der Waals surface area contributed by atoms with Crippen LogP contribution in [-0.4, -0.2) is 24.2 Å². The maximum Gasteiger partial charge on any atom is 0.327 e. The van der Waals surface area contributed by atoms with Crippen LogP contribution < -0.4 is 11.0 Å². The number of imidazole rings is 2. The number of anilines is 1. The van der Waals surface area contributed by atoms with Gasteiger partial charge < -0.3 is 15.0 Å². The molecule has 7 nitrogen and oxygen atoms in total. The molecule has 0 amide bonds. The van der Waals surface area contributed by atoms with Crippen LogP contribution in [0, 0.1) is 0 Å². The second-order valence-electron chi connectivity index (χ2n) is 8.41. The van der Waals surface area contributed by atoms with Gasteiger partial charge in [0.05, 0.1) is 18.1 Å². The van der Waals surface area contributed by atoms with Crippen molar-refractivity contribution in [1.82, 2.24) is 19.1 Å². The fourth-order valence-electron chi connectivity index (χ4n) is 4.33. The van der Waals surface area contributed by atoms with Gasteiger partial charge >= 0.3 is 5.69 Å². The summed E-state index contributed by atoms with van der Waals surface area (Å²) in [5.74, 6) is 0.820. The molecule has 0 saturated carbocycles. The van der Waals surface area contributed by atoms with Gasteiger partial charge in [0.15, 0.2) is 0 Å². The van der Waals surface area contributed by atoms with Crippen LogP contribution in [0.4, 0.5) is 5.82 Å². The number of hydrogen-bond acceptors (Lipinski definition) is 4. The standard InChI is InChI=1S/C28H27N5O2/c34-24-14-12-23(13-15-24)26-27(31-28(35)33(26)18-7-17-32-19-16-29-20-32)30-25(21-8-3-1-4-9-21)22-10-5-2-6-11-22/h1-6,8-16,19-20,25,30,34H,7,17-18H2,(H,31,35). The summed E-state index contributed by atoms with van der Waals surface area (Å²) in [5, 5.41) is 13.4. The van der Waals surface area contributed by atoms with Crippen molar-refractivity contribution >= 4 is 5.82 Å². The van der Waals surface area contributed by atoms with Crippen molar-refractivity contribution in [3.8, 4) is 17.0 Å². The Labute approximate surface area is 203 Å².